The lowest BCUT2D eigenvalue weighted by atomic mass is 10.3. The van der Waals surface area contributed by atoms with Gasteiger partial charge in [-0.2, -0.15) is 0 Å². The van der Waals surface area contributed by atoms with E-state index in [9.17, 15) is 8.42 Å². The van der Waals surface area contributed by atoms with Gasteiger partial charge in [0.1, 0.15) is 23.9 Å². The number of furan rings is 1. The van der Waals surface area contributed by atoms with Crippen LogP contribution < -0.4 is 15.2 Å². The summed E-state index contributed by atoms with van der Waals surface area (Å²) in [5.74, 6) is 1.65. The molecule has 1 aromatic heterocycles. The fourth-order valence-electron chi connectivity index (χ4n) is 1.71. The maximum atomic E-state index is 11.8. The van der Waals surface area contributed by atoms with E-state index < -0.39 is 10.0 Å². The van der Waals surface area contributed by atoms with Crippen LogP contribution in [-0.4, -0.2) is 20.8 Å². The number of benzene rings is 1. The predicted molar refractivity (Wildman–Crippen MR) is 80.4 cm³/mol. The highest BCUT2D eigenvalue weighted by Crippen LogP contribution is 2.19. The molecule has 0 atom stereocenters. The van der Waals surface area contributed by atoms with Crippen LogP contribution in [0.5, 0.6) is 5.75 Å². The maximum absolute atomic E-state index is 11.8. The zero-order valence-electron chi connectivity index (χ0n) is 11.7. The molecule has 0 unspecified atom stereocenters. The number of rotatable bonds is 7. The van der Waals surface area contributed by atoms with Gasteiger partial charge >= 0.3 is 0 Å². The molecule has 114 valence electrons. The molecule has 6 nitrogen and oxygen atoms in total. The Kier molecular flexibility index (Phi) is 4.87. The quantitative estimate of drug-likeness (QED) is 0.759. The monoisotopic (exact) mass is 310 g/mol. The normalized spacial score (nSPS) is 11.5. The molecule has 0 spiro atoms. The lowest BCUT2D eigenvalue weighted by Crippen LogP contribution is -2.28. The van der Waals surface area contributed by atoms with Crippen molar-refractivity contribution >= 4 is 15.7 Å². The zero-order valence-corrected chi connectivity index (χ0v) is 12.5. The molecule has 0 aliphatic carbocycles. The number of nitrogens with one attached hydrogen (secondary N) is 1. The van der Waals surface area contributed by atoms with Crippen LogP contribution >= 0.6 is 0 Å². The highest BCUT2D eigenvalue weighted by Gasteiger charge is 2.12. The molecule has 21 heavy (non-hydrogen) atoms. The van der Waals surface area contributed by atoms with Gasteiger partial charge in [-0.1, -0.05) is 12.1 Å². The first-order valence-corrected chi connectivity index (χ1v) is 8.11. The number of hydrogen-bond donors (Lipinski definition) is 2. The van der Waals surface area contributed by atoms with Crippen LogP contribution in [0.4, 0.5) is 5.69 Å². The first-order chi connectivity index (χ1) is 9.96. The summed E-state index contributed by atoms with van der Waals surface area (Å²) in [6, 6.07) is 10.5. The predicted octanol–water partition coefficient (Wildman–Crippen LogP) is 1.67. The third-order valence-corrected chi connectivity index (χ3v) is 4.08. The number of para-hydroxylation sites is 2. The number of nitrogen functional groups attached to an aromatic ring is 1. The smallest absolute Gasteiger partial charge is 0.215 e. The van der Waals surface area contributed by atoms with Crippen LogP contribution in [0, 0.1) is 6.92 Å². The summed E-state index contributed by atoms with van der Waals surface area (Å²) in [6.07, 6.45) is 0. The lowest BCUT2D eigenvalue weighted by Gasteiger charge is -2.09. The molecule has 0 amide bonds. The molecular formula is C14H18N2O4S. The van der Waals surface area contributed by atoms with Gasteiger partial charge in [0.05, 0.1) is 18.0 Å². The molecule has 0 saturated heterocycles. The summed E-state index contributed by atoms with van der Waals surface area (Å²) < 4.78 is 36.8. The van der Waals surface area contributed by atoms with E-state index in [1.165, 1.54) is 0 Å². The van der Waals surface area contributed by atoms with E-state index in [0.29, 0.717) is 17.2 Å². The highest BCUT2D eigenvalue weighted by atomic mass is 32.2. The molecule has 2 rings (SSSR count). The Morgan fingerprint density at radius 2 is 2.00 bits per heavy atom. The van der Waals surface area contributed by atoms with Gasteiger partial charge in [0.15, 0.2) is 0 Å². The van der Waals surface area contributed by atoms with Crippen LogP contribution in [0.1, 0.15) is 11.5 Å². The minimum Gasteiger partial charge on any atom is -0.490 e. The molecule has 0 aliphatic rings. The third kappa shape index (κ3) is 4.80. The van der Waals surface area contributed by atoms with E-state index in [0.717, 1.165) is 5.76 Å². The molecule has 0 bridgehead atoms. The molecule has 1 aromatic carbocycles. The second-order valence-corrected chi connectivity index (χ2v) is 6.47. The number of hydrogen-bond acceptors (Lipinski definition) is 5. The number of nitrogens with two attached hydrogens (primary N) is 1. The average molecular weight is 310 g/mol. The number of sulfonamides is 1. The fourth-order valence-corrected chi connectivity index (χ4v) is 2.52. The van der Waals surface area contributed by atoms with Gasteiger partial charge in [-0.3, -0.25) is 0 Å². The van der Waals surface area contributed by atoms with Crippen LogP contribution in [0.3, 0.4) is 0 Å². The van der Waals surface area contributed by atoms with Gasteiger partial charge in [0, 0.05) is 0 Å². The lowest BCUT2D eigenvalue weighted by molar-refractivity contribution is 0.342. The van der Waals surface area contributed by atoms with Crippen molar-refractivity contribution in [2.45, 2.75) is 13.5 Å². The van der Waals surface area contributed by atoms with E-state index in [-0.39, 0.29) is 18.9 Å². The standard InChI is InChI=1S/C14H18N2O4S/c1-11-6-7-12(20-11)10-16-21(17,18)9-8-19-14-5-3-2-4-13(14)15/h2-7,16H,8-10,15H2,1H3. The average Bonchev–Trinajstić information content (AvgIpc) is 2.85. The van der Waals surface area contributed by atoms with Crippen molar-refractivity contribution in [3.05, 3.63) is 47.9 Å². The minimum atomic E-state index is -3.43. The molecule has 7 heteroatoms. The first-order valence-electron chi connectivity index (χ1n) is 6.46. The van der Waals surface area contributed by atoms with Crippen molar-refractivity contribution < 1.29 is 17.6 Å². The van der Waals surface area contributed by atoms with E-state index in [1.807, 2.05) is 0 Å². The van der Waals surface area contributed by atoms with Crippen molar-refractivity contribution in [1.82, 2.24) is 4.72 Å². The van der Waals surface area contributed by atoms with Crippen molar-refractivity contribution in [3.8, 4) is 5.75 Å². The Morgan fingerprint density at radius 3 is 2.67 bits per heavy atom. The topological polar surface area (TPSA) is 94.6 Å². The summed E-state index contributed by atoms with van der Waals surface area (Å²) >= 11 is 0. The Hall–Kier alpha value is -1.99. The maximum Gasteiger partial charge on any atom is 0.215 e. The SMILES string of the molecule is Cc1ccc(CNS(=O)(=O)CCOc2ccccc2N)o1. The van der Waals surface area contributed by atoms with Gasteiger partial charge in [-0.25, -0.2) is 13.1 Å². The van der Waals surface area contributed by atoms with E-state index >= 15 is 0 Å². The molecule has 2 aromatic rings. The van der Waals surface area contributed by atoms with Crippen LogP contribution in [-0.2, 0) is 16.6 Å². The van der Waals surface area contributed by atoms with Crippen LogP contribution in [0.25, 0.3) is 0 Å². The molecular weight excluding hydrogens is 292 g/mol. The van der Waals surface area contributed by atoms with Gasteiger partial charge < -0.3 is 14.9 Å². The number of anilines is 1. The fraction of sp³-hybridized carbons (Fsp3) is 0.286. The Labute approximate surface area is 124 Å². The molecule has 0 saturated carbocycles. The van der Waals surface area contributed by atoms with Crippen LogP contribution in [0.2, 0.25) is 0 Å². The zero-order chi connectivity index (χ0) is 15.3. The van der Waals surface area contributed by atoms with Crippen molar-refractivity contribution in [3.63, 3.8) is 0 Å². The van der Waals surface area contributed by atoms with Gasteiger partial charge in [0.25, 0.3) is 0 Å². The second kappa shape index (κ2) is 6.64. The van der Waals surface area contributed by atoms with Crippen molar-refractivity contribution in [1.29, 1.82) is 0 Å². The number of ether oxygens (including phenoxy) is 1. The minimum absolute atomic E-state index is 0.0285. The molecule has 1 heterocycles. The van der Waals surface area contributed by atoms with E-state index in [1.54, 1.807) is 43.3 Å². The Bertz CT molecular complexity index is 695. The third-order valence-electron chi connectivity index (χ3n) is 2.79. The van der Waals surface area contributed by atoms with E-state index in [2.05, 4.69) is 4.72 Å². The largest absolute Gasteiger partial charge is 0.490 e. The molecule has 3 N–H and O–H groups in total. The van der Waals surface area contributed by atoms with Gasteiger partial charge in [0.2, 0.25) is 10.0 Å². The first kappa shape index (κ1) is 15.4. The summed E-state index contributed by atoms with van der Waals surface area (Å²) in [6.45, 7) is 1.96. The Morgan fingerprint density at radius 1 is 1.24 bits per heavy atom. The van der Waals surface area contributed by atoms with Gasteiger partial charge in [-0.15, -0.1) is 0 Å². The summed E-state index contributed by atoms with van der Waals surface area (Å²) in [5, 5.41) is 0. The summed E-state index contributed by atoms with van der Waals surface area (Å²) in [7, 11) is -3.43. The van der Waals surface area contributed by atoms with E-state index in [4.69, 9.17) is 14.9 Å². The number of aryl methyl sites for hydroxylation is 1. The second-order valence-electron chi connectivity index (χ2n) is 4.54. The van der Waals surface area contributed by atoms with Crippen molar-refractivity contribution in [2.75, 3.05) is 18.1 Å². The molecule has 0 fully saturated rings. The molecule has 0 aliphatic heterocycles. The molecule has 0 radical (unpaired) electrons. The summed E-state index contributed by atoms with van der Waals surface area (Å²) in [4.78, 5) is 0. The van der Waals surface area contributed by atoms with Crippen molar-refractivity contribution in [2.24, 2.45) is 0 Å². The Balaban J connectivity index is 1.80. The van der Waals surface area contributed by atoms with Gasteiger partial charge in [-0.05, 0) is 31.2 Å². The summed E-state index contributed by atoms with van der Waals surface area (Å²) in [5.41, 5.74) is 6.19. The van der Waals surface area contributed by atoms with Crippen LogP contribution in [0.15, 0.2) is 40.8 Å². The highest BCUT2D eigenvalue weighted by molar-refractivity contribution is 7.89.